The number of hydrogen-bond donors (Lipinski definition) is 1. The highest BCUT2D eigenvalue weighted by Crippen LogP contribution is 2.19. The summed E-state index contributed by atoms with van der Waals surface area (Å²) in [6.45, 7) is 0. The topological polar surface area (TPSA) is 54.4 Å². The number of carbonyl (C=O) groups is 2. The van der Waals surface area contributed by atoms with Crippen LogP contribution in [0, 0.1) is 5.82 Å². The van der Waals surface area contributed by atoms with E-state index in [1.165, 1.54) is 6.07 Å². The smallest absolute Gasteiger partial charge is 0.311 e. The van der Waals surface area contributed by atoms with Crippen molar-refractivity contribution in [2.75, 3.05) is 0 Å². The van der Waals surface area contributed by atoms with Gasteiger partial charge in [-0.25, -0.2) is 4.39 Å². The third-order valence-electron chi connectivity index (χ3n) is 1.54. The minimum atomic E-state index is -1.20. The Morgan fingerprint density at radius 2 is 2.07 bits per heavy atom. The molecule has 0 unspecified atom stereocenters. The van der Waals surface area contributed by atoms with Crippen LogP contribution in [0.2, 0.25) is 0 Å². The van der Waals surface area contributed by atoms with E-state index in [0.717, 1.165) is 12.1 Å². The van der Waals surface area contributed by atoms with Crippen molar-refractivity contribution in [3.05, 3.63) is 34.1 Å². The summed E-state index contributed by atoms with van der Waals surface area (Å²) in [5.74, 6) is -2.24. The Balaban J connectivity index is 2.96. The number of benzene rings is 1. The molecule has 0 aliphatic rings. The molecule has 0 spiro atoms. The fraction of sp³-hybridized carbons (Fsp3) is 0.111. The van der Waals surface area contributed by atoms with Gasteiger partial charge in [0.25, 0.3) is 0 Å². The first-order valence-electron chi connectivity index (χ1n) is 3.70. The number of hydrogen-bond acceptors (Lipinski definition) is 2. The lowest BCUT2D eigenvalue weighted by atomic mass is 10.1. The number of ketones is 1. The molecule has 0 bridgehead atoms. The minimum Gasteiger partial charge on any atom is -0.481 e. The molecule has 0 aromatic heterocycles. The summed E-state index contributed by atoms with van der Waals surface area (Å²) >= 11 is 2.98. The van der Waals surface area contributed by atoms with Crippen LogP contribution in [0.15, 0.2) is 22.7 Å². The van der Waals surface area contributed by atoms with Crippen LogP contribution in [0.3, 0.4) is 0 Å². The molecule has 1 aromatic carbocycles. The first kappa shape index (κ1) is 10.8. The van der Waals surface area contributed by atoms with Gasteiger partial charge in [0.2, 0.25) is 0 Å². The fourth-order valence-electron chi connectivity index (χ4n) is 0.948. The number of carboxylic acid groups (broad SMARTS) is 1. The zero-order valence-electron chi connectivity index (χ0n) is 6.96. The summed E-state index contributed by atoms with van der Waals surface area (Å²) in [6, 6.07) is 3.49. The van der Waals surface area contributed by atoms with E-state index in [0.29, 0.717) is 0 Å². The van der Waals surface area contributed by atoms with E-state index in [2.05, 4.69) is 15.9 Å². The van der Waals surface area contributed by atoms with E-state index in [-0.39, 0.29) is 10.0 Å². The van der Waals surface area contributed by atoms with Gasteiger partial charge < -0.3 is 5.11 Å². The van der Waals surface area contributed by atoms with Crippen LogP contribution in [-0.4, -0.2) is 16.9 Å². The third-order valence-corrected chi connectivity index (χ3v) is 2.20. The van der Waals surface area contributed by atoms with E-state index < -0.39 is 24.0 Å². The standard InChI is InChI=1S/C9H6BrFO3/c10-7-3-5(11)1-2-6(7)8(12)4-9(13)14/h1-3H,4H2,(H,13,14). The van der Waals surface area contributed by atoms with Gasteiger partial charge in [-0.1, -0.05) is 0 Å². The summed E-state index contributed by atoms with van der Waals surface area (Å²) in [7, 11) is 0. The van der Waals surface area contributed by atoms with Gasteiger partial charge in [0.15, 0.2) is 5.78 Å². The van der Waals surface area contributed by atoms with Gasteiger partial charge in [-0.05, 0) is 34.1 Å². The van der Waals surface area contributed by atoms with Crippen LogP contribution in [0.1, 0.15) is 16.8 Å². The molecule has 0 saturated carbocycles. The SMILES string of the molecule is O=C(O)CC(=O)c1ccc(F)cc1Br. The van der Waals surface area contributed by atoms with Crippen LogP contribution in [0.4, 0.5) is 4.39 Å². The molecule has 1 aromatic rings. The monoisotopic (exact) mass is 260 g/mol. The van der Waals surface area contributed by atoms with Crippen molar-refractivity contribution < 1.29 is 19.1 Å². The van der Waals surface area contributed by atoms with Crippen LogP contribution >= 0.6 is 15.9 Å². The van der Waals surface area contributed by atoms with Gasteiger partial charge in [-0.2, -0.15) is 0 Å². The van der Waals surface area contributed by atoms with Crippen molar-refractivity contribution in [1.29, 1.82) is 0 Å². The number of Topliss-reactive ketones (excluding diaryl/α,β-unsaturated/α-hetero) is 1. The molecule has 74 valence electrons. The largest absolute Gasteiger partial charge is 0.481 e. The molecule has 0 saturated heterocycles. The lowest BCUT2D eigenvalue weighted by Gasteiger charge is -2.01. The second-order valence-electron chi connectivity index (χ2n) is 2.62. The average molecular weight is 261 g/mol. The molecule has 14 heavy (non-hydrogen) atoms. The van der Waals surface area contributed by atoms with E-state index in [1.807, 2.05) is 0 Å². The number of rotatable bonds is 3. The highest BCUT2D eigenvalue weighted by molar-refractivity contribution is 9.10. The Morgan fingerprint density at radius 3 is 2.57 bits per heavy atom. The summed E-state index contributed by atoms with van der Waals surface area (Å²) in [5, 5.41) is 8.38. The zero-order valence-corrected chi connectivity index (χ0v) is 8.54. The molecule has 0 atom stereocenters. The van der Waals surface area contributed by atoms with E-state index in [4.69, 9.17) is 5.11 Å². The predicted molar refractivity (Wildman–Crippen MR) is 50.7 cm³/mol. The normalized spacial score (nSPS) is 9.86. The number of carboxylic acids is 1. The average Bonchev–Trinajstić information content (AvgIpc) is 2.01. The molecule has 3 nitrogen and oxygen atoms in total. The summed E-state index contributed by atoms with van der Waals surface area (Å²) in [5.41, 5.74) is 0.175. The Morgan fingerprint density at radius 1 is 1.43 bits per heavy atom. The molecule has 0 aliphatic carbocycles. The Hall–Kier alpha value is -1.23. The second-order valence-corrected chi connectivity index (χ2v) is 3.47. The summed E-state index contributed by atoms with van der Waals surface area (Å²) in [4.78, 5) is 21.5. The van der Waals surface area contributed by atoms with Crippen LogP contribution in [-0.2, 0) is 4.79 Å². The molecule has 0 aliphatic heterocycles. The Bertz CT molecular complexity index is 390. The highest BCUT2D eigenvalue weighted by Gasteiger charge is 2.13. The summed E-state index contributed by atoms with van der Waals surface area (Å²) in [6.07, 6.45) is -0.593. The maximum atomic E-state index is 12.6. The van der Waals surface area contributed by atoms with Crippen LogP contribution in [0.25, 0.3) is 0 Å². The molecule has 0 heterocycles. The molecule has 0 fully saturated rings. The molecule has 5 heteroatoms. The van der Waals surface area contributed by atoms with Gasteiger partial charge in [0.05, 0.1) is 0 Å². The first-order valence-corrected chi connectivity index (χ1v) is 4.50. The predicted octanol–water partition coefficient (Wildman–Crippen LogP) is 2.25. The first-order chi connectivity index (χ1) is 6.50. The van der Waals surface area contributed by atoms with Crippen molar-refractivity contribution in [1.82, 2.24) is 0 Å². The van der Waals surface area contributed by atoms with Gasteiger partial charge in [0, 0.05) is 10.0 Å². The summed E-state index contributed by atoms with van der Waals surface area (Å²) < 4.78 is 12.9. The minimum absolute atomic E-state index is 0.175. The van der Waals surface area contributed by atoms with Crippen molar-refractivity contribution in [2.45, 2.75) is 6.42 Å². The van der Waals surface area contributed by atoms with Gasteiger partial charge >= 0.3 is 5.97 Å². The lowest BCUT2D eigenvalue weighted by molar-refractivity contribution is -0.135. The quantitative estimate of drug-likeness (QED) is 0.670. The maximum Gasteiger partial charge on any atom is 0.311 e. The van der Waals surface area contributed by atoms with E-state index >= 15 is 0 Å². The second kappa shape index (κ2) is 4.32. The van der Waals surface area contributed by atoms with Crippen LogP contribution < -0.4 is 0 Å². The molecule has 0 amide bonds. The van der Waals surface area contributed by atoms with Crippen molar-refractivity contribution >= 4 is 27.7 Å². The van der Waals surface area contributed by atoms with Crippen LogP contribution in [0.5, 0.6) is 0 Å². The van der Waals surface area contributed by atoms with Gasteiger partial charge in [0.1, 0.15) is 12.2 Å². The Kier molecular flexibility index (Phi) is 3.35. The number of halogens is 2. The van der Waals surface area contributed by atoms with E-state index in [1.54, 1.807) is 0 Å². The molecular weight excluding hydrogens is 255 g/mol. The van der Waals surface area contributed by atoms with Gasteiger partial charge in [-0.3, -0.25) is 9.59 Å². The fourth-order valence-corrected chi connectivity index (χ4v) is 1.52. The Labute approximate surface area is 87.7 Å². The molecular formula is C9H6BrFO3. The van der Waals surface area contributed by atoms with E-state index in [9.17, 15) is 14.0 Å². The van der Waals surface area contributed by atoms with Crippen molar-refractivity contribution in [3.8, 4) is 0 Å². The number of carbonyl (C=O) groups excluding carboxylic acids is 1. The maximum absolute atomic E-state index is 12.6. The third kappa shape index (κ3) is 2.63. The van der Waals surface area contributed by atoms with Crippen molar-refractivity contribution in [2.24, 2.45) is 0 Å². The number of aliphatic carboxylic acids is 1. The van der Waals surface area contributed by atoms with Crippen molar-refractivity contribution in [3.63, 3.8) is 0 Å². The molecule has 0 radical (unpaired) electrons. The lowest BCUT2D eigenvalue weighted by Crippen LogP contribution is -2.07. The highest BCUT2D eigenvalue weighted by atomic mass is 79.9. The zero-order chi connectivity index (χ0) is 10.7. The molecule has 1 rings (SSSR count). The van der Waals surface area contributed by atoms with Gasteiger partial charge in [-0.15, -0.1) is 0 Å². The molecule has 1 N–H and O–H groups in total.